The molecule has 3 heterocycles. The zero-order valence-electron chi connectivity index (χ0n) is 16.8. The number of aromatic hydroxyl groups is 2. The highest BCUT2D eigenvalue weighted by Gasteiger charge is 2.48. The van der Waals surface area contributed by atoms with Crippen LogP contribution in [-0.2, 0) is 15.1 Å². The molecule has 164 valence electrons. The van der Waals surface area contributed by atoms with E-state index in [0.717, 1.165) is 22.4 Å². The van der Waals surface area contributed by atoms with Crippen LogP contribution in [-0.4, -0.2) is 36.9 Å². The van der Waals surface area contributed by atoms with Gasteiger partial charge in [0.05, 0.1) is 5.56 Å². The average molecular weight is 438 g/mol. The topological polar surface area (TPSA) is 127 Å². The molecule has 9 nitrogen and oxygen atoms in total. The first-order valence-electron chi connectivity index (χ1n) is 10.1. The number of nitrogens with one attached hydrogen (secondary N) is 1. The second kappa shape index (κ2) is 7.33. The third kappa shape index (κ3) is 3.24. The van der Waals surface area contributed by atoms with Crippen molar-refractivity contribution in [2.75, 3.05) is 5.32 Å². The quantitative estimate of drug-likeness (QED) is 0.537. The third-order valence-corrected chi connectivity index (χ3v) is 6.08. The largest absolute Gasteiger partial charge is 0.508 e. The molecule has 5 rings (SSSR count). The van der Waals surface area contributed by atoms with E-state index in [1.165, 1.54) is 12.3 Å². The smallest absolute Gasteiger partial charge is 0.339 e. The monoisotopic (exact) mass is 438 g/mol. The Bertz CT molecular complexity index is 1210. The summed E-state index contributed by atoms with van der Waals surface area (Å²) in [5, 5.41) is 26.1. The van der Waals surface area contributed by atoms with Crippen molar-refractivity contribution in [2.45, 2.75) is 31.3 Å². The lowest BCUT2D eigenvalue weighted by molar-refractivity contribution is -0.122. The van der Waals surface area contributed by atoms with Gasteiger partial charge < -0.3 is 20.3 Å². The van der Waals surface area contributed by atoms with Crippen LogP contribution in [0.15, 0.2) is 42.9 Å². The van der Waals surface area contributed by atoms with Gasteiger partial charge in [0, 0.05) is 48.3 Å². The number of carbonyl (C=O) groups excluding carboxylic acids is 2. The highest BCUT2D eigenvalue weighted by molar-refractivity contribution is 5.95. The molecule has 3 N–H and O–H groups in total. The molecule has 3 aromatic rings. The summed E-state index contributed by atoms with van der Waals surface area (Å²) in [6, 6.07) is 4.99. The van der Waals surface area contributed by atoms with Crippen LogP contribution in [0.25, 0.3) is 5.69 Å². The lowest BCUT2D eigenvalue weighted by atomic mass is 9.75. The zero-order chi connectivity index (χ0) is 22.5. The van der Waals surface area contributed by atoms with Gasteiger partial charge in [-0.1, -0.05) is 0 Å². The van der Waals surface area contributed by atoms with E-state index in [9.17, 15) is 24.2 Å². The number of anilines is 1. The fourth-order valence-electron chi connectivity index (χ4n) is 4.48. The molecule has 32 heavy (non-hydrogen) atoms. The van der Waals surface area contributed by atoms with E-state index in [1.807, 2.05) is 0 Å². The molecule has 0 radical (unpaired) electrons. The number of benzene rings is 1. The minimum Gasteiger partial charge on any atom is -0.508 e. The first kappa shape index (κ1) is 20.0. The predicted molar refractivity (Wildman–Crippen MR) is 109 cm³/mol. The molecule has 1 aliphatic carbocycles. The first-order chi connectivity index (χ1) is 15.4. The predicted octanol–water partition coefficient (Wildman–Crippen LogP) is 3.01. The van der Waals surface area contributed by atoms with Crippen LogP contribution in [0.3, 0.4) is 0 Å². The summed E-state index contributed by atoms with van der Waals surface area (Å²) in [4.78, 5) is 29.1. The van der Waals surface area contributed by atoms with Gasteiger partial charge in [-0.3, -0.25) is 9.78 Å². The third-order valence-electron chi connectivity index (χ3n) is 6.08. The Balaban J connectivity index is 1.27. The Morgan fingerprint density at radius 3 is 2.78 bits per heavy atom. The Morgan fingerprint density at radius 1 is 1.25 bits per heavy atom. The maximum Gasteiger partial charge on any atom is 0.339 e. The van der Waals surface area contributed by atoms with Crippen LogP contribution in [0.1, 0.15) is 41.6 Å². The summed E-state index contributed by atoms with van der Waals surface area (Å²) in [6.45, 7) is 0. The van der Waals surface area contributed by atoms with Crippen LogP contribution >= 0.6 is 0 Å². The van der Waals surface area contributed by atoms with Crippen molar-refractivity contribution in [2.24, 2.45) is 5.92 Å². The molecule has 2 aromatic heterocycles. The number of phenolic OH excluding ortho intramolecular Hbond substituents is 2. The molecular formula is C22H19FN4O5. The van der Waals surface area contributed by atoms with Gasteiger partial charge in [-0.2, -0.15) is 0 Å². The lowest BCUT2D eigenvalue weighted by Crippen LogP contribution is -2.36. The molecule has 0 unspecified atom stereocenters. The number of phenols is 2. The highest BCUT2D eigenvalue weighted by atomic mass is 19.1. The van der Waals surface area contributed by atoms with Crippen molar-refractivity contribution in [1.29, 1.82) is 0 Å². The SMILES string of the molecule is O=C1OC2(CCC(C(=O)Nc3ccn(-c4c(O)cc(O)cc4F)n3)CC2)c2cnccc21. The molecule has 1 saturated carbocycles. The summed E-state index contributed by atoms with van der Waals surface area (Å²) in [5.74, 6) is -2.46. The zero-order valence-corrected chi connectivity index (χ0v) is 16.8. The van der Waals surface area contributed by atoms with E-state index in [4.69, 9.17) is 4.74 Å². The summed E-state index contributed by atoms with van der Waals surface area (Å²) in [7, 11) is 0. The van der Waals surface area contributed by atoms with Crippen molar-refractivity contribution in [3.63, 3.8) is 0 Å². The lowest BCUT2D eigenvalue weighted by Gasteiger charge is -2.35. The van der Waals surface area contributed by atoms with E-state index in [2.05, 4.69) is 15.4 Å². The van der Waals surface area contributed by atoms with Crippen LogP contribution < -0.4 is 5.32 Å². The maximum absolute atomic E-state index is 14.1. The van der Waals surface area contributed by atoms with E-state index in [-0.39, 0.29) is 29.3 Å². The Labute approximate surface area is 181 Å². The van der Waals surface area contributed by atoms with E-state index in [1.54, 1.807) is 18.5 Å². The molecule has 10 heteroatoms. The van der Waals surface area contributed by atoms with Gasteiger partial charge in [0.2, 0.25) is 5.91 Å². The van der Waals surface area contributed by atoms with Gasteiger partial charge in [-0.15, -0.1) is 5.10 Å². The fourth-order valence-corrected chi connectivity index (χ4v) is 4.48. The highest BCUT2D eigenvalue weighted by Crippen LogP contribution is 2.47. The second-order valence-corrected chi connectivity index (χ2v) is 8.01. The van der Waals surface area contributed by atoms with Crippen LogP contribution in [0, 0.1) is 11.7 Å². The van der Waals surface area contributed by atoms with Crippen molar-refractivity contribution in [1.82, 2.24) is 14.8 Å². The van der Waals surface area contributed by atoms with Crippen molar-refractivity contribution < 1.29 is 28.9 Å². The summed E-state index contributed by atoms with van der Waals surface area (Å²) in [5.41, 5.74) is 0.335. The van der Waals surface area contributed by atoms with Gasteiger partial charge in [-0.05, 0) is 31.7 Å². The Hall–Kier alpha value is -3.95. The average Bonchev–Trinajstić information content (AvgIpc) is 3.31. The van der Waals surface area contributed by atoms with Gasteiger partial charge in [0.15, 0.2) is 11.6 Å². The van der Waals surface area contributed by atoms with Crippen LogP contribution in [0.5, 0.6) is 11.5 Å². The number of nitrogens with zero attached hydrogens (tertiary/aromatic N) is 3. The molecule has 0 atom stereocenters. The molecule has 2 aliphatic rings. The number of esters is 1. The maximum atomic E-state index is 14.1. The van der Waals surface area contributed by atoms with E-state index >= 15 is 0 Å². The number of amides is 1. The van der Waals surface area contributed by atoms with Gasteiger partial charge in [-0.25, -0.2) is 13.9 Å². The number of aromatic nitrogens is 3. The molecule has 0 saturated heterocycles. The number of pyridine rings is 1. The minimum atomic E-state index is -0.859. The fraction of sp³-hybridized carbons (Fsp3) is 0.273. The van der Waals surface area contributed by atoms with Gasteiger partial charge in [0.1, 0.15) is 22.8 Å². The number of hydrogen-bond acceptors (Lipinski definition) is 7. The number of halogens is 1. The number of fused-ring (bicyclic) bond motifs is 2. The first-order valence-corrected chi connectivity index (χ1v) is 10.1. The molecule has 1 aliphatic heterocycles. The summed E-state index contributed by atoms with van der Waals surface area (Å²) < 4.78 is 20.9. The molecule has 1 fully saturated rings. The van der Waals surface area contributed by atoms with Crippen molar-refractivity contribution in [3.8, 4) is 17.2 Å². The van der Waals surface area contributed by atoms with Crippen LogP contribution in [0.2, 0.25) is 0 Å². The summed E-state index contributed by atoms with van der Waals surface area (Å²) >= 11 is 0. The molecule has 1 spiro atoms. The number of ether oxygens (including phenoxy) is 1. The number of rotatable bonds is 3. The van der Waals surface area contributed by atoms with Gasteiger partial charge >= 0.3 is 5.97 Å². The van der Waals surface area contributed by atoms with Gasteiger partial charge in [0.25, 0.3) is 0 Å². The molecule has 1 aromatic carbocycles. The standard InChI is InChI=1S/C22H19FN4O5/c23-16-9-13(28)10-17(29)19(16)27-8-4-18(26-27)25-20(30)12-1-5-22(6-2-12)15-11-24-7-3-14(15)21(31)32-22/h3-4,7-12,28-29H,1-2,5-6H2,(H,25,26,30). The minimum absolute atomic E-state index is 0.198. The Kier molecular flexibility index (Phi) is 4.58. The number of carbonyl (C=O) groups is 2. The van der Waals surface area contributed by atoms with E-state index in [0.29, 0.717) is 31.2 Å². The molecule has 0 bridgehead atoms. The number of hydrogen-bond donors (Lipinski definition) is 3. The Morgan fingerprint density at radius 2 is 2.03 bits per heavy atom. The van der Waals surface area contributed by atoms with Crippen molar-refractivity contribution in [3.05, 3.63) is 59.8 Å². The molecular weight excluding hydrogens is 419 g/mol. The molecule has 1 amide bonds. The van der Waals surface area contributed by atoms with Crippen molar-refractivity contribution >= 4 is 17.7 Å². The second-order valence-electron chi connectivity index (χ2n) is 8.01. The summed E-state index contributed by atoms with van der Waals surface area (Å²) in [6.07, 6.45) is 6.66. The van der Waals surface area contributed by atoms with E-state index < -0.39 is 22.9 Å². The van der Waals surface area contributed by atoms with Crippen LogP contribution in [0.4, 0.5) is 10.2 Å². The normalized spacial score (nSPS) is 21.9.